The van der Waals surface area contributed by atoms with Gasteiger partial charge in [-0.05, 0) is 30.3 Å². The highest BCUT2D eigenvalue weighted by Crippen LogP contribution is 2.29. The predicted octanol–water partition coefficient (Wildman–Crippen LogP) is 3.10. The number of fused-ring (bicyclic) bond motifs is 1. The van der Waals surface area contributed by atoms with Crippen molar-refractivity contribution in [1.29, 1.82) is 0 Å². The number of benzene rings is 2. The average Bonchev–Trinajstić information content (AvgIpc) is 2.78. The molecule has 0 saturated carbocycles. The maximum Gasteiger partial charge on any atom is 0.263 e. The van der Waals surface area contributed by atoms with E-state index in [2.05, 4.69) is 5.32 Å². The lowest BCUT2D eigenvalue weighted by atomic mass is 10.1. The van der Waals surface area contributed by atoms with Crippen LogP contribution in [0.4, 0.5) is 10.1 Å². The van der Waals surface area contributed by atoms with E-state index in [9.17, 15) is 18.8 Å². The largest absolute Gasteiger partial charge is 0.326 e. The Balaban J connectivity index is 1.65. The molecule has 0 saturated heterocycles. The van der Waals surface area contributed by atoms with E-state index in [-0.39, 0.29) is 29.1 Å². The normalized spacial score (nSPS) is 13.2. The molecule has 122 valence electrons. The fourth-order valence-electron chi connectivity index (χ4n) is 2.50. The minimum atomic E-state index is -0.515. The number of halogens is 2. The molecule has 0 bridgehead atoms. The third-order valence-corrected chi connectivity index (χ3v) is 3.93. The molecule has 2 aromatic rings. The van der Waals surface area contributed by atoms with Gasteiger partial charge in [0.1, 0.15) is 5.82 Å². The molecule has 24 heavy (non-hydrogen) atoms. The number of nitrogens with zero attached hydrogens (tertiary/aromatic N) is 1. The van der Waals surface area contributed by atoms with E-state index in [1.807, 2.05) is 0 Å². The smallest absolute Gasteiger partial charge is 0.263 e. The number of hydrogen-bond donors (Lipinski definition) is 1. The summed E-state index contributed by atoms with van der Waals surface area (Å²) in [5.41, 5.74) is 0.707. The van der Waals surface area contributed by atoms with E-state index in [0.29, 0.717) is 5.69 Å². The Morgan fingerprint density at radius 2 is 1.88 bits per heavy atom. The van der Waals surface area contributed by atoms with Crippen LogP contribution in [-0.2, 0) is 4.79 Å². The van der Waals surface area contributed by atoms with Crippen LogP contribution in [0.2, 0.25) is 5.02 Å². The van der Waals surface area contributed by atoms with E-state index >= 15 is 0 Å². The summed E-state index contributed by atoms with van der Waals surface area (Å²) >= 11 is 5.97. The van der Waals surface area contributed by atoms with Crippen molar-refractivity contribution < 1.29 is 18.8 Å². The summed E-state index contributed by atoms with van der Waals surface area (Å²) in [5.74, 6) is -1.89. The SMILES string of the molecule is O=C(CCN1C(=O)c2cccc(Cl)c2C1=O)Nc1cccc(F)c1. The van der Waals surface area contributed by atoms with Gasteiger partial charge in [-0.15, -0.1) is 0 Å². The van der Waals surface area contributed by atoms with Crippen LogP contribution in [0.3, 0.4) is 0 Å². The third kappa shape index (κ3) is 3.00. The van der Waals surface area contributed by atoms with Crippen molar-refractivity contribution in [2.75, 3.05) is 11.9 Å². The molecule has 7 heteroatoms. The molecule has 0 fully saturated rings. The summed E-state index contributed by atoms with van der Waals surface area (Å²) in [6.07, 6.45) is -0.0976. The molecule has 0 spiro atoms. The number of hydrogen-bond acceptors (Lipinski definition) is 3. The van der Waals surface area contributed by atoms with Gasteiger partial charge in [-0.3, -0.25) is 19.3 Å². The highest BCUT2D eigenvalue weighted by Gasteiger charge is 2.36. The van der Waals surface area contributed by atoms with Gasteiger partial charge in [0.15, 0.2) is 0 Å². The third-order valence-electron chi connectivity index (χ3n) is 3.62. The van der Waals surface area contributed by atoms with Gasteiger partial charge >= 0.3 is 0 Å². The molecule has 0 radical (unpaired) electrons. The van der Waals surface area contributed by atoms with Crippen molar-refractivity contribution in [3.8, 4) is 0 Å². The number of rotatable bonds is 4. The first kappa shape index (κ1) is 16.1. The summed E-state index contributed by atoms with van der Waals surface area (Å²) in [5, 5.41) is 2.72. The van der Waals surface area contributed by atoms with Crippen LogP contribution < -0.4 is 5.32 Å². The maximum atomic E-state index is 13.1. The summed E-state index contributed by atoms with van der Waals surface area (Å²) < 4.78 is 13.1. The zero-order chi connectivity index (χ0) is 17.3. The molecule has 1 aliphatic rings. The quantitative estimate of drug-likeness (QED) is 0.865. The molecule has 3 rings (SSSR count). The van der Waals surface area contributed by atoms with Gasteiger partial charge < -0.3 is 5.32 Å². The molecular weight excluding hydrogens is 335 g/mol. The number of imide groups is 1. The summed E-state index contributed by atoms with van der Waals surface area (Å²) in [6.45, 7) is -0.0795. The number of amides is 3. The molecule has 1 N–H and O–H groups in total. The zero-order valence-corrected chi connectivity index (χ0v) is 13.1. The van der Waals surface area contributed by atoms with Gasteiger partial charge in [0.05, 0.1) is 16.1 Å². The van der Waals surface area contributed by atoms with E-state index in [4.69, 9.17) is 11.6 Å². The summed E-state index contributed by atoms with van der Waals surface area (Å²) in [7, 11) is 0. The predicted molar refractivity (Wildman–Crippen MR) is 86.5 cm³/mol. The van der Waals surface area contributed by atoms with Gasteiger partial charge in [-0.1, -0.05) is 23.7 Å². The second-order valence-corrected chi connectivity index (χ2v) is 5.64. The molecule has 0 atom stereocenters. The van der Waals surface area contributed by atoms with Crippen LogP contribution in [0.5, 0.6) is 0 Å². The molecule has 0 unspecified atom stereocenters. The molecule has 0 aromatic heterocycles. The Hall–Kier alpha value is -2.73. The Labute approximate surface area is 142 Å². The van der Waals surface area contributed by atoms with Gasteiger partial charge in [-0.25, -0.2) is 4.39 Å². The number of anilines is 1. The minimum Gasteiger partial charge on any atom is -0.326 e. The van der Waals surface area contributed by atoms with Gasteiger partial charge in [0.25, 0.3) is 11.8 Å². The second-order valence-electron chi connectivity index (χ2n) is 5.23. The molecule has 2 aromatic carbocycles. The van der Waals surface area contributed by atoms with Crippen molar-refractivity contribution in [2.45, 2.75) is 6.42 Å². The van der Waals surface area contributed by atoms with E-state index < -0.39 is 23.5 Å². The monoisotopic (exact) mass is 346 g/mol. The molecule has 3 amide bonds. The van der Waals surface area contributed by atoms with Crippen LogP contribution in [0, 0.1) is 5.82 Å². The van der Waals surface area contributed by atoms with Crippen LogP contribution in [0.25, 0.3) is 0 Å². The standard InChI is InChI=1S/C17H12ClFN2O3/c18-13-6-2-5-12-15(13)17(24)21(16(12)23)8-7-14(22)20-11-4-1-3-10(19)9-11/h1-6,9H,7-8H2,(H,20,22). The van der Waals surface area contributed by atoms with Crippen LogP contribution in [-0.4, -0.2) is 29.2 Å². The first-order valence-electron chi connectivity index (χ1n) is 7.17. The van der Waals surface area contributed by atoms with Crippen molar-refractivity contribution in [3.05, 3.63) is 64.4 Å². The molecule has 1 aliphatic heterocycles. The Kier molecular flexibility index (Phi) is 4.31. The fourth-order valence-corrected chi connectivity index (χ4v) is 2.75. The number of carbonyl (C=O) groups excluding carboxylic acids is 3. The van der Waals surface area contributed by atoms with Crippen molar-refractivity contribution >= 4 is 35.0 Å². The van der Waals surface area contributed by atoms with E-state index in [1.165, 1.54) is 30.3 Å². The highest BCUT2D eigenvalue weighted by atomic mass is 35.5. The molecule has 5 nitrogen and oxygen atoms in total. The summed E-state index contributed by atoms with van der Waals surface area (Å²) in [4.78, 5) is 37.4. The minimum absolute atomic E-state index is 0.0795. The van der Waals surface area contributed by atoms with Gasteiger partial charge in [-0.2, -0.15) is 0 Å². The van der Waals surface area contributed by atoms with Crippen LogP contribution in [0.1, 0.15) is 27.1 Å². The van der Waals surface area contributed by atoms with E-state index in [0.717, 1.165) is 4.90 Å². The Bertz CT molecular complexity index is 853. The van der Waals surface area contributed by atoms with E-state index in [1.54, 1.807) is 12.1 Å². The first-order valence-corrected chi connectivity index (χ1v) is 7.55. The second kappa shape index (κ2) is 6.41. The number of carbonyl (C=O) groups is 3. The van der Waals surface area contributed by atoms with Crippen molar-refractivity contribution in [2.24, 2.45) is 0 Å². The average molecular weight is 347 g/mol. The van der Waals surface area contributed by atoms with Crippen molar-refractivity contribution in [1.82, 2.24) is 4.90 Å². The summed E-state index contributed by atoms with van der Waals surface area (Å²) in [6, 6.07) is 10.1. The molecule has 1 heterocycles. The van der Waals surface area contributed by atoms with Gasteiger partial charge in [0, 0.05) is 18.7 Å². The lowest BCUT2D eigenvalue weighted by molar-refractivity contribution is -0.116. The first-order chi connectivity index (χ1) is 11.5. The maximum absolute atomic E-state index is 13.1. The lowest BCUT2D eigenvalue weighted by Crippen LogP contribution is -2.32. The Morgan fingerprint density at radius 3 is 2.58 bits per heavy atom. The molecule has 0 aliphatic carbocycles. The fraction of sp³-hybridized carbons (Fsp3) is 0.118. The topological polar surface area (TPSA) is 66.5 Å². The molecular formula is C17H12ClFN2O3. The Morgan fingerprint density at radius 1 is 1.12 bits per heavy atom. The number of nitrogens with one attached hydrogen (secondary N) is 1. The van der Waals surface area contributed by atoms with Crippen LogP contribution in [0.15, 0.2) is 42.5 Å². The van der Waals surface area contributed by atoms with Crippen LogP contribution >= 0.6 is 11.6 Å². The van der Waals surface area contributed by atoms with Crippen molar-refractivity contribution in [3.63, 3.8) is 0 Å². The zero-order valence-electron chi connectivity index (χ0n) is 12.4. The highest BCUT2D eigenvalue weighted by molar-refractivity contribution is 6.37. The lowest BCUT2D eigenvalue weighted by Gasteiger charge is -2.13. The van der Waals surface area contributed by atoms with Gasteiger partial charge in [0.2, 0.25) is 5.91 Å².